The number of pyridine rings is 1. The molecule has 1 aromatic heterocycles. The summed E-state index contributed by atoms with van der Waals surface area (Å²) in [6.07, 6.45) is 0.406. The van der Waals surface area contributed by atoms with Gasteiger partial charge in [0, 0.05) is 17.3 Å². The lowest BCUT2D eigenvalue weighted by atomic mass is 10.0. The van der Waals surface area contributed by atoms with Crippen LogP contribution in [-0.2, 0) is 14.2 Å². The number of hydrogen-bond acceptors (Lipinski definition) is 7. The van der Waals surface area contributed by atoms with E-state index in [-0.39, 0.29) is 18.1 Å². The number of para-hydroxylation sites is 2. The van der Waals surface area contributed by atoms with E-state index in [2.05, 4.69) is 5.32 Å². The molecule has 8 heteroatoms. The number of amides is 1. The number of ether oxygens (including phenoxy) is 5. The molecule has 35 heavy (non-hydrogen) atoms. The van der Waals surface area contributed by atoms with Gasteiger partial charge < -0.3 is 29.0 Å². The molecule has 2 aromatic carbocycles. The summed E-state index contributed by atoms with van der Waals surface area (Å²) in [6.45, 7) is 9.21. The maximum absolute atomic E-state index is 13.3. The lowest BCUT2D eigenvalue weighted by Gasteiger charge is -2.20. The molecule has 1 N–H and O–H groups in total. The molecular weight excluding hydrogens is 448 g/mol. The van der Waals surface area contributed by atoms with Gasteiger partial charge in [0.15, 0.2) is 0 Å². The molecule has 1 aliphatic heterocycles. The molecule has 3 aromatic rings. The molecule has 2 bridgehead atoms. The van der Waals surface area contributed by atoms with Crippen molar-refractivity contribution in [3.63, 3.8) is 0 Å². The summed E-state index contributed by atoms with van der Waals surface area (Å²) in [4.78, 5) is 18.3. The second kappa shape index (κ2) is 12.2. The molecule has 2 atom stereocenters. The Morgan fingerprint density at radius 1 is 0.857 bits per heavy atom. The van der Waals surface area contributed by atoms with Crippen LogP contribution >= 0.6 is 0 Å². The maximum atomic E-state index is 13.3. The first-order valence-corrected chi connectivity index (χ1v) is 12.3. The van der Waals surface area contributed by atoms with E-state index in [1.165, 1.54) is 0 Å². The molecule has 0 saturated carbocycles. The summed E-state index contributed by atoms with van der Waals surface area (Å²) in [7, 11) is 0. The molecule has 0 fully saturated rings. The highest BCUT2D eigenvalue weighted by molar-refractivity contribution is 6.17. The fourth-order valence-electron chi connectivity index (χ4n) is 4.04. The van der Waals surface area contributed by atoms with Crippen molar-refractivity contribution in [3.05, 3.63) is 42.0 Å². The first kappa shape index (κ1) is 25.2. The summed E-state index contributed by atoms with van der Waals surface area (Å²) in [5.41, 5.74) is 1.78. The van der Waals surface area contributed by atoms with Crippen molar-refractivity contribution in [2.45, 2.75) is 39.4 Å². The Morgan fingerprint density at radius 2 is 1.37 bits per heavy atom. The molecule has 0 aliphatic carbocycles. The molecule has 0 spiro atoms. The number of carbonyl (C=O) groups is 1. The van der Waals surface area contributed by atoms with Crippen LogP contribution in [0.4, 0.5) is 0 Å². The fraction of sp³-hybridized carbons (Fsp3) is 0.481. The lowest BCUT2D eigenvalue weighted by molar-refractivity contribution is -0.0114. The molecule has 188 valence electrons. The van der Waals surface area contributed by atoms with Gasteiger partial charge in [-0.15, -0.1) is 0 Å². The lowest BCUT2D eigenvalue weighted by Crippen LogP contribution is -2.25. The van der Waals surface area contributed by atoms with Gasteiger partial charge in [0.05, 0.1) is 45.2 Å². The van der Waals surface area contributed by atoms with Gasteiger partial charge in [-0.05, 0) is 32.4 Å². The van der Waals surface area contributed by atoms with E-state index in [0.29, 0.717) is 74.3 Å². The number of rotatable bonds is 3. The average Bonchev–Trinajstić information content (AvgIpc) is 2.85. The highest BCUT2D eigenvalue weighted by Crippen LogP contribution is 2.35. The number of aromatic nitrogens is 1. The van der Waals surface area contributed by atoms with Crippen molar-refractivity contribution in [1.82, 2.24) is 10.3 Å². The van der Waals surface area contributed by atoms with Crippen LogP contribution < -0.4 is 14.8 Å². The minimum Gasteiger partial charge on any atom is -0.486 e. The molecule has 8 nitrogen and oxygen atoms in total. The second-order valence-corrected chi connectivity index (χ2v) is 8.67. The minimum atomic E-state index is -0.218. The van der Waals surface area contributed by atoms with E-state index in [4.69, 9.17) is 28.7 Å². The van der Waals surface area contributed by atoms with Crippen molar-refractivity contribution in [2.75, 3.05) is 46.2 Å². The van der Waals surface area contributed by atoms with Crippen molar-refractivity contribution < 1.29 is 28.5 Å². The third-order valence-electron chi connectivity index (χ3n) is 5.63. The predicted octanol–water partition coefficient (Wildman–Crippen LogP) is 4.13. The predicted molar refractivity (Wildman–Crippen MR) is 135 cm³/mol. The minimum absolute atomic E-state index is 0.145. The van der Waals surface area contributed by atoms with Crippen molar-refractivity contribution in [3.8, 4) is 11.5 Å². The van der Waals surface area contributed by atoms with Crippen LogP contribution in [0.15, 0.2) is 36.4 Å². The van der Waals surface area contributed by atoms with Gasteiger partial charge in [-0.25, -0.2) is 4.98 Å². The van der Waals surface area contributed by atoms with Crippen molar-refractivity contribution >= 4 is 27.7 Å². The Bertz CT molecular complexity index is 1080. The Hall–Kier alpha value is -2.94. The first-order valence-electron chi connectivity index (χ1n) is 12.3. The first-order chi connectivity index (χ1) is 17.1. The highest BCUT2D eigenvalue weighted by Gasteiger charge is 2.21. The Labute approximate surface area is 205 Å². The Morgan fingerprint density at radius 3 is 1.89 bits per heavy atom. The monoisotopic (exact) mass is 482 g/mol. The molecule has 0 saturated heterocycles. The van der Waals surface area contributed by atoms with E-state index in [1.807, 2.05) is 57.2 Å². The van der Waals surface area contributed by atoms with Gasteiger partial charge in [-0.3, -0.25) is 4.79 Å². The average molecular weight is 483 g/mol. The van der Waals surface area contributed by atoms with E-state index in [9.17, 15) is 4.79 Å². The van der Waals surface area contributed by atoms with E-state index < -0.39 is 0 Å². The molecule has 1 aliphatic rings. The summed E-state index contributed by atoms with van der Waals surface area (Å²) in [5, 5.41) is 4.48. The third kappa shape index (κ3) is 6.20. The Kier molecular flexibility index (Phi) is 8.74. The van der Waals surface area contributed by atoms with Crippen molar-refractivity contribution in [1.29, 1.82) is 0 Å². The standard InChI is InChI=1S/C27H34N2O6/c1-4-11-28-27(30)24-20-7-5-9-22-25(20)29-26-21(24)8-6-10-23(26)35-19(3)17-33-15-13-31-12-14-32-16-18(2)34-22/h5-10,18-19H,4,11-17H2,1-3H3,(H,28,30)/t18-,19-/m1/s1. The SMILES string of the molecule is CCCNC(=O)c1c2cccc3c2nc2c(cccc12)O[C@H](C)COCCOCCOC[C@@H](C)O3. The highest BCUT2D eigenvalue weighted by atomic mass is 16.6. The van der Waals surface area contributed by atoms with Gasteiger partial charge in [0.1, 0.15) is 34.7 Å². The zero-order valence-electron chi connectivity index (χ0n) is 20.7. The summed E-state index contributed by atoms with van der Waals surface area (Å²) in [5.74, 6) is 1.04. The summed E-state index contributed by atoms with van der Waals surface area (Å²) >= 11 is 0. The quantitative estimate of drug-likeness (QED) is 0.562. The number of hydrogen-bond donors (Lipinski definition) is 1. The molecule has 0 radical (unpaired) electrons. The largest absolute Gasteiger partial charge is 0.486 e. The van der Waals surface area contributed by atoms with Crippen LogP contribution in [-0.4, -0.2) is 69.3 Å². The number of carbonyl (C=O) groups excluding carboxylic acids is 1. The van der Waals surface area contributed by atoms with Crippen LogP contribution in [0.3, 0.4) is 0 Å². The van der Waals surface area contributed by atoms with Crippen LogP contribution in [0.2, 0.25) is 0 Å². The summed E-state index contributed by atoms with van der Waals surface area (Å²) in [6, 6.07) is 11.3. The van der Waals surface area contributed by atoms with E-state index >= 15 is 0 Å². The van der Waals surface area contributed by atoms with Gasteiger partial charge in [-0.1, -0.05) is 31.2 Å². The van der Waals surface area contributed by atoms with Gasteiger partial charge >= 0.3 is 0 Å². The molecular formula is C27H34N2O6. The fourth-order valence-corrected chi connectivity index (χ4v) is 4.04. The number of nitrogens with zero attached hydrogens (tertiary/aromatic N) is 1. The normalized spacial score (nSPS) is 20.2. The zero-order chi connectivity index (χ0) is 24.6. The number of nitrogens with one attached hydrogen (secondary N) is 1. The van der Waals surface area contributed by atoms with E-state index in [0.717, 1.165) is 17.2 Å². The van der Waals surface area contributed by atoms with Gasteiger partial charge in [0.25, 0.3) is 5.91 Å². The third-order valence-corrected chi connectivity index (χ3v) is 5.63. The second-order valence-electron chi connectivity index (χ2n) is 8.67. The van der Waals surface area contributed by atoms with E-state index in [1.54, 1.807) is 0 Å². The Balaban J connectivity index is 1.85. The van der Waals surface area contributed by atoms with Crippen LogP contribution in [0.25, 0.3) is 21.8 Å². The van der Waals surface area contributed by atoms with Crippen LogP contribution in [0, 0.1) is 0 Å². The molecule has 1 amide bonds. The molecule has 4 rings (SSSR count). The summed E-state index contributed by atoms with van der Waals surface area (Å²) < 4.78 is 29.5. The van der Waals surface area contributed by atoms with Crippen LogP contribution in [0.5, 0.6) is 11.5 Å². The van der Waals surface area contributed by atoms with Crippen molar-refractivity contribution in [2.24, 2.45) is 0 Å². The smallest absolute Gasteiger partial charge is 0.252 e. The van der Waals surface area contributed by atoms with Crippen LogP contribution in [0.1, 0.15) is 37.6 Å². The topological polar surface area (TPSA) is 88.1 Å². The molecule has 2 heterocycles. The molecule has 0 unspecified atom stereocenters. The van der Waals surface area contributed by atoms with Gasteiger partial charge in [-0.2, -0.15) is 0 Å². The zero-order valence-corrected chi connectivity index (χ0v) is 20.7. The van der Waals surface area contributed by atoms with Gasteiger partial charge in [0.2, 0.25) is 0 Å². The maximum Gasteiger partial charge on any atom is 0.252 e. The number of benzene rings is 2.